The number of rotatable bonds is 1. The quantitative estimate of drug-likeness (QED) is 0.699. The molecule has 1 N–H and O–H groups in total. The number of hydrogen-bond donors (Lipinski definition) is 1. The van der Waals surface area contributed by atoms with Crippen LogP contribution in [0.3, 0.4) is 0 Å². The lowest BCUT2D eigenvalue weighted by atomic mass is 10.2. The fourth-order valence-electron chi connectivity index (χ4n) is 0.954. The Hall–Kier alpha value is -2.04. The van der Waals surface area contributed by atoms with Gasteiger partial charge in [-0.25, -0.2) is 4.79 Å². The number of furan rings is 1. The van der Waals surface area contributed by atoms with Gasteiger partial charge in [0, 0.05) is 11.6 Å². The van der Waals surface area contributed by atoms with E-state index in [1.165, 1.54) is 18.6 Å². The lowest BCUT2D eigenvalue weighted by Gasteiger charge is -1.94. The summed E-state index contributed by atoms with van der Waals surface area (Å²) in [5, 5.41) is 12.0. The fraction of sp³-hybridized carbons (Fsp3) is 0. The van der Waals surface area contributed by atoms with Crippen molar-refractivity contribution in [2.75, 3.05) is 0 Å². The van der Waals surface area contributed by atoms with Gasteiger partial charge in [-0.2, -0.15) is 0 Å². The van der Waals surface area contributed by atoms with E-state index in [9.17, 15) is 4.79 Å². The second-order valence-electron chi connectivity index (χ2n) is 2.38. The molecule has 1 aromatic rings. The molecule has 0 amide bonds. The number of hydrogen-bond acceptors (Lipinski definition) is 4. The van der Waals surface area contributed by atoms with Crippen LogP contribution in [0, 0.1) is 0 Å². The summed E-state index contributed by atoms with van der Waals surface area (Å²) in [4.78, 5) is 15.1. The third-order valence-electron chi connectivity index (χ3n) is 1.55. The maximum Gasteiger partial charge on any atom is 0.374 e. The molecule has 0 spiro atoms. The third kappa shape index (κ3) is 1.31. The van der Waals surface area contributed by atoms with Crippen molar-refractivity contribution in [3.63, 3.8) is 0 Å². The second-order valence-corrected chi connectivity index (χ2v) is 2.38. The van der Waals surface area contributed by atoms with Crippen LogP contribution in [0.2, 0.25) is 0 Å². The summed E-state index contributed by atoms with van der Waals surface area (Å²) in [7, 11) is 0. The number of aliphatic carboxylic acids is 1. The van der Waals surface area contributed by atoms with Crippen LogP contribution in [0.5, 0.6) is 0 Å². The lowest BCUT2D eigenvalue weighted by molar-refractivity contribution is -0.136. The summed E-state index contributed by atoms with van der Waals surface area (Å²) >= 11 is 0. The van der Waals surface area contributed by atoms with Crippen LogP contribution in [0.15, 0.2) is 27.7 Å². The van der Waals surface area contributed by atoms with E-state index < -0.39 is 5.97 Å². The Morgan fingerprint density at radius 1 is 1.54 bits per heavy atom. The van der Waals surface area contributed by atoms with E-state index in [0.29, 0.717) is 11.3 Å². The summed E-state index contributed by atoms with van der Waals surface area (Å²) < 4.78 is 5.00. The summed E-state index contributed by atoms with van der Waals surface area (Å²) in [5.41, 5.74) is 0.638. The van der Waals surface area contributed by atoms with E-state index in [1.54, 1.807) is 6.07 Å². The van der Waals surface area contributed by atoms with Crippen LogP contribution < -0.4 is 0 Å². The topological polar surface area (TPSA) is 72.0 Å². The Morgan fingerprint density at radius 3 is 3.15 bits per heavy atom. The highest BCUT2D eigenvalue weighted by molar-refractivity contribution is 5.93. The fourth-order valence-corrected chi connectivity index (χ4v) is 0.954. The normalized spacial score (nSPS) is 14.0. The van der Waals surface area contributed by atoms with Crippen molar-refractivity contribution < 1.29 is 19.2 Å². The van der Waals surface area contributed by atoms with Gasteiger partial charge in [-0.3, -0.25) is 0 Å². The van der Waals surface area contributed by atoms with Crippen LogP contribution in [0.4, 0.5) is 0 Å². The van der Waals surface area contributed by atoms with E-state index in [0.717, 1.165) is 0 Å². The molecule has 0 aliphatic carbocycles. The van der Waals surface area contributed by atoms with E-state index in [-0.39, 0.29) is 5.76 Å². The number of oxime groups is 1. The number of fused-ring (bicyclic) bond motifs is 1. The van der Waals surface area contributed by atoms with E-state index in [2.05, 4.69) is 9.99 Å². The molecule has 66 valence electrons. The third-order valence-corrected chi connectivity index (χ3v) is 1.55. The minimum Gasteiger partial charge on any atom is -0.475 e. The summed E-state index contributed by atoms with van der Waals surface area (Å²) in [6, 6.07) is 1.64. The average Bonchev–Trinajstić information content (AvgIpc) is 2.42. The van der Waals surface area contributed by atoms with Gasteiger partial charge in [0.2, 0.25) is 5.76 Å². The summed E-state index contributed by atoms with van der Waals surface area (Å²) in [6.07, 6.45) is 4.13. The molecule has 0 saturated carbocycles. The highest BCUT2D eigenvalue weighted by atomic mass is 16.6. The van der Waals surface area contributed by atoms with E-state index in [1.807, 2.05) is 0 Å². The SMILES string of the molecule is O=C(O)C1=Cc2ccoc2C=NO1. The molecule has 1 aliphatic rings. The highest BCUT2D eigenvalue weighted by Gasteiger charge is 2.14. The maximum atomic E-state index is 10.5. The molecular formula is C8H5NO4. The number of carbonyl (C=O) groups is 1. The Bertz CT molecular complexity index is 402. The first-order valence-electron chi connectivity index (χ1n) is 3.50. The zero-order chi connectivity index (χ0) is 9.26. The Balaban J connectivity index is 2.48. The van der Waals surface area contributed by atoms with Crippen LogP contribution in [0.1, 0.15) is 11.3 Å². The Labute approximate surface area is 72.9 Å². The van der Waals surface area contributed by atoms with Gasteiger partial charge in [-0.1, -0.05) is 5.16 Å². The minimum atomic E-state index is -1.16. The first-order valence-corrected chi connectivity index (χ1v) is 3.50. The zero-order valence-electron chi connectivity index (χ0n) is 6.43. The van der Waals surface area contributed by atoms with Gasteiger partial charge in [0.1, 0.15) is 6.21 Å². The lowest BCUT2D eigenvalue weighted by Crippen LogP contribution is -2.00. The van der Waals surface area contributed by atoms with Gasteiger partial charge < -0.3 is 14.4 Å². The summed E-state index contributed by atoms with van der Waals surface area (Å²) in [5.74, 6) is -0.904. The van der Waals surface area contributed by atoms with Gasteiger partial charge in [0.25, 0.3) is 0 Å². The number of carboxylic acid groups (broad SMARTS) is 1. The molecule has 0 bridgehead atoms. The van der Waals surface area contributed by atoms with Gasteiger partial charge in [-0.05, 0) is 6.07 Å². The Morgan fingerprint density at radius 2 is 2.38 bits per heavy atom. The molecule has 2 rings (SSSR count). The molecule has 0 aromatic carbocycles. The maximum absolute atomic E-state index is 10.5. The molecule has 5 nitrogen and oxygen atoms in total. The zero-order valence-corrected chi connectivity index (χ0v) is 6.43. The van der Waals surface area contributed by atoms with Crippen molar-refractivity contribution in [1.29, 1.82) is 0 Å². The second kappa shape index (κ2) is 2.78. The van der Waals surface area contributed by atoms with E-state index in [4.69, 9.17) is 9.52 Å². The van der Waals surface area contributed by atoms with Crippen LogP contribution in [0.25, 0.3) is 6.08 Å². The van der Waals surface area contributed by atoms with Crippen molar-refractivity contribution in [2.45, 2.75) is 0 Å². The molecule has 0 unspecified atom stereocenters. The first kappa shape index (κ1) is 7.60. The van der Waals surface area contributed by atoms with Crippen molar-refractivity contribution in [3.05, 3.63) is 29.4 Å². The number of nitrogens with zero attached hydrogens (tertiary/aromatic N) is 1. The molecule has 1 aliphatic heterocycles. The average molecular weight is 179 g/mol. The minimum absolute atomic E-state index is 0.226. The van der Waals surface area contributed by atoms with Gasteiger partial charge >= 0.3 is 5.97 Å². The Kier molecular flexibility index (Phi) is 1.63. The molecule has 0 radical (unpaired) electrons. The van der Waals surface area contributed by atoms with Crippen LogP contribution in [-0.2, 0) is 9.63 Å². The highest BCUT2D eigenvalue weighted by Crippen LogP contribution is 2.16. The number of carboxylic acids is 1. The predicted molar refractivity (Wildman–Crippen MR) is 43.0 cm³/mol. The molecule has 1 aromatic heterocycles. The smallest absolute Gasteiger partial charge is 0.374 e. The van der Waals surface area contributed by atoms with Crippen molar-refractivity contribution in [3.8, 4) is 0 Å². The molecule has 13 heavy (non-hydrogen) atoms. The molecule has 0 saturated heterocycles. The van der Waals surface area contributed by atoms with Gasteiger partial charge in [0.15, 0.2) is 5.76 Å². The van der Waals surface area contributed by atoms with Crippen LogP contribution >= 0.6 is 0 Å². The van der Waals surface area contributed by atoms with E-state index >= 15 is 0 Å². The molecule has 0 fully saturated rings. The van der Waals surface area contributed by atoms with Crippen molar-refractivity contribution in [1.82, 2.24) is 0 Å². The largest absolute Gasteiger partial charge is 0.475 e. The predicted octanol–water partition coefficient (Wildman–Crippen LogP) is 1.07. The van der Waals surface area contributed by atoms with Crippen molar-refractivity contribution in [2.24, 2.45) is 5.16 Å². The van der Waals surface area contributed by atoms with Crippen molar-refractivity contribution >= 4 is 18.3 Å². The standard InChI is InChI=1S/C8H5NO4/c10-8(11)6-3-5-1-2-12-7(5)4-9-13-6/h1-4H,(H,10,11). The van der Waals surface area contributed by atoms with Gasteiger partial charge in [0.05, 0.1) is 6.26 Å². The first-order chi connectivity index (χ1) is 6.27. The molecule has 2 heterocycles. The summed E-state index contributed by atoms with van der Waals surface area (Å²) in [6.45, 7) is 0. The van der Waals surface area contributed by atoms with Crippen LogP contribution in [-0.4, -0.2) is 17.3 Å². The molecular weight excluding hydrogens is 174 g/mol. The van der Waals surface area contributed by atoms with Gasteiger partial charge in [-0.15, -0.1) is 0 Å². The molecule has 0 atom stereocenters. The molecule has 5 heteroatoms. The monoisotopic (exact) mass is 179 g/mol.